The van der Waals surface area contributed by atoms with E-state index in [-0.39, 0.29) is 23.0 Å². The van der Waals surface area contributed by atoms with E-state index in [9.17, 15) is 20.1 Å². The number of benzene rings is 3. The van der Waals surface area contributed by atoms with Gasteiger partial charge in [-0.15, -0.1) is 0 Å². The van der Waals surface area contributed by atoms with Gasteiger partial charge in [-0.1, -0.05) is 30.3 Å². The lowest BCUT2D eigenvalue weighted by atomic mass is 9.80. The van der Waals surface area contributed by atoms with E-state index in [1.165, 1.54) is 12.1 Å². The molecule has 0 atom stereocenters. The van der Waals surface area contributed by atoms with Crippen LogP contribution in [-0.2, 0) is 9.13 Å². The molecule has 0 unspecified atom stereocenters. The maximum Gasteiger partial charge on any atom is 0.466 e. The van der Waals surface area contributed by atoms with Gasteiger partial charge in [0.1, 0.15) is 23.0 Å². The Morgan fingerprint density at radius 2 is 1.09 bits per heavy atom. The molecule has 188 valence electrons. The van der Waals surface area contributed by atoms with Crippen molar-refractivity contribution in [3.63, 3.8) is 0 Å². The summed E-state index contributed by atoms with van der Waals surface area (Å²) in [6, 6.07) is 16.3. The van der Waals surface area contributed by atoms with Crippen molar-refractivity contribution >= 4 is 21.6 Å². The van der Waals surface area contributed by atoms with Crippen LogP contribution in [0.15, 0.2) is 60.7 Å². The number of aromatic hydroxyl groups is 2. The second-order valence-electron chi connectivity index (χ2n) is 6.90. The molecule has 3 aromatic rings. The first kappa shape index (κ1) is 28.0. The van der Waals surface area contributed by atoms with E-state index in [0.29, 0.717) is 17.1 Å². The Hall–Kier alpha value is -3.25. The molecule has 0 bridgehead atoms. The average molecular weight is 530 g/mol. The van der Waals surface area contributed by atoms with Gasteiger partial charge in [0.15, 0.2) is 0 Å². The minimum Gasteiger partial charge on any atom is -0.508 e. The topological polar surface area (TPSA) is 243 Å². The number of hydrogen-bond acceptors (Lipinski definition) is 6. The van der Waals surface area contributed by atoms with Gasteiger partial charge in [-0.3, -0.25) is 0 Å². The zero-order chi connectivity index (χ0) is 26.6. The van der Waals surface area contributed by atoms with Gasteiger partial charge >= 0.3 is 21.6 Å². The van der Waals surface area contributed by atoms with Crippen molar-refractivity contribution in [2.24, 2.45) is 0 Å². The Bertz CT molecular complexity index is 1220. The highest BCUT2D eigenvalue weighted by molar-refractivity contribution is 7.45. The molecule has 1 aliphatic heterocycles. The second kappa shape index (κ2) is 11.0. The summed E-state index contributed by atoms with van der Waals surface area (Å²) in [5.41, 5.74) is 2.33. The number of fused-ring (bicyclic) bond motifs is 2. The molecule has 0 aliphatic carbocycles. The van der Waals surface area contributed by atoms with Gasteiger partial charge < -0.3 is 49.4 Å². The molecule has 1 heterocycles. The monoisotopic (exact) mass is 530 g/mol. The van der Waals surface area contributed by atoms with Crippen LogP contribution < -0.4 is 4.74 Å². The molecule has 35 heavy (non-hydrogen) atoms. The van der Waals surface area contributed by atoms with E-state index in [2.05, 4.69) is 0 Å². The first-order valence-corrected chi connectivity index (χ1v) is 12.4. The fourth-order valence-corrected chi connectivity index (χ4v) is 3.26. The van der Waals surface area contributed by atoms with Crippen molar-refractivity contribution in [1.29, 1.82) is 0 Å². The quantitative estimate of drug-likeness (QED) is 0.169. The fourth-order valence-electron chi connectivity index (χ4n) is 3.26. The Balaban J connectivity index is 0.000000368. The molecule has 4 rings (SSSR count). The van der Waals surface area contributed by atoms with Crippen LogP contribution >= 0.6 is 15.6 Å². The SMILES string of the molecule is O=C(O)c1ccccc1C1c2ccc(O)cc2Oc2cc(O)ccc21.O=P(O)(O)O.O=P(O)(O)O. The van der Waals surface area contributed by atoms with Gasteiger partial charge in [0.05, 0.1) is 5.56 Å². The van der Waals surface area contributed by atoms with E-state index in [1.807, 2.05) is 0 Å². The number of phenolic OH excluding ortho intramolecular Hbond substituents is 2. The van der Waals surface area contributed by atoms with Gasteiger partial charge in [0.25, 0.3) is 0 Å². The Morgan fingerprint density at radius 3 is 1.49 bits per heavy atom. The summed E-state index contributed by atoms with van der Waals surface area (Å²) in [5.74, 6) is -0.429. The van der Waals surface area contributed by atoms with Crippen molar-refractivity contribution in [3.8, 4) is 23.0 Å². The van der Waals surface area contributed by atoms with E-state index in [4.69, 9.17) is 43.2 Å². The first-order chi connectivity index (χ1) is 16.0. The number of carboxylic acids is 1. The van der Waals surface area contributed by atoms with Crippen molar-refractivity contribution in [2.75, 3.05) is 0 Å². The van der Waals surface area contributed by atoms with Crippen LogP contribution in [0.1, 0.15) is 33.0 Å². The van der Waals surface area contributed by atoms with Crippen LogP contribution in [0.2, 0.25) is 0 Å². The molecule has 9 N–H and O–H groups in total. The number of phenols is 2. The zero-order valence-electron chi connectivity index (χ0n) is 17.4. The maximum absolute atomic E-state index is 11.7. The molecule has 3 aromatic carbocycles. The summed E-state index contributed by atoms with van der Waals surface area (Å²) < 4.78 is 23.6. The summed E-state index contributed by atoms with van der Waals surface area (Å²) in [4.78, 5) is 54.8. The molecule has 1 aliphatic rings. The van der Waals surface area contributed by atoms with Crippen molar-refractivity contribution in [2.45, 2.75) is 5.92 Å². The third-order valence-corrected chi connectivity index (χ3v) is 4.34. The van der Waals surface area contributed by atoms with Crippen LogP contribution in [0.25, 0.3) is 0 Å². The molecule has 0 amide bonds. The minimum absolute atomic E-state index is 0.0487. The van der Waals surface area contributed by atoms with Crippen LogP contribution in [0.3, 0.4) is 0 Å². The maximum atomic E-state index is 11.7. The average Bonchev–Trinajstić information content (AvgIpc) is 2.69. The van der Waals surface area contributed by atoms with Gasteiger partial charge in [0, 0.05) is 29.2 Å². The Morgan fingerprint density at radius 1 is 0.686 bits per heavy atom. The molecule has 0 saturated carbocycles. The van der Waals surface area contributed by atoms with Crippen LogP contribution in [0, 0.1) is 0 Å². The van der Waals surface area contributed by atoms with E-state index < -0.39 is 21.6 Å². The van der Waals surface area contributed by atoms with E-state index >= 15 is 0 Å². The summed E-state index contributed by atoms with van der Waals surface area (Å²) in [7, 11) is -9.28. The molecule has 0 radical (unpaired) electrons. The normalized spacial score (nSPS) is 12.5. The highest BCUT2D eigenvalue weighted by Crippen LogP contribution is 2.49. The number of ether oxygens (including phenoxy) is 1. The lowest BCUT2D eigenvalue weighted by Crippen LogP contribution is -2.15. The largest absolute Gasteiger partial charge is 0.508 e. The van der Waals surface area contributed by atoms with Gasteiger partial charge in [0.2, 0.25) is 0 Å². The summed E-state index contributed by atoms with van der Waals surface area (Å²) >= 11 is 0. The van der Waals surface area contributed by atoms with Gasteiger partial charge in [-0.25, -0.2) is 13.9 Å². The molecular formula is C20H20O13P2. The molecule has 0 spiro atoms. The standard InChI is InChI=1S/C20H14O5.2H3O4P/c21-11-5-7-15-17(9-11)25-18-10-12(22)6-8-16(18)19(15)13-3-1-2-4-14(13)20(23)24;2*1-5(2,3)4/h1-10,19,21-22H,(H,23,24);2*(H3,1,2,3,4). The lowest BCUT2D eigenvalue weighted by molar-refractivity contribution is 0.0695. The van der Waals surface area contributed by atoms with E-state index in [0.717, 1.165) is 11.1 Å². The van der Waals surface area contributed by atoms with Crippen LogP contribution in [0.4, 0.5) is 0 Å². The number of phosphoric acid groups is 2. The summed E-state index contributed by atoms with van der Waals surface area (Å²) in [5, 5.41) is 29.1. The number of aromatic carboxylic acids is 1. The summed E-state index contributed by atoms with van der Waals surface area (Å²) in [6.45, 7) is 0. The fraction of sp³-hybridized carbons (Fsp3) is 0.0500. The molecular weight excluding hydrogens is 510 g/mol. The van der Waals surface area contributed by atoms with Crippen molar-refractivity contribution in [1.82, 2.24) is 0 Å². The third kappa shape index (κ3) is 8.80. The lowest BCUT2D eigenvalue weighted by Gasteiger charge is -2.29. The Labute approximate surface area is 197 Å². The summed E-state index contributed by atoms with van der Waals surface area (Å²) in [6.07, 6.45) is 0. The number of carbonyl (C=O) groups is 1. The highest BCUT2D eigenvalue weighted by Gasteiger charge is 2.31. The van der Waals surface area contributed by atoms with Crippen LogP contribution in [-0.4, -0.2) is 50.6 Å². The van der Waals surface area contributed by atoms with E-state index in [1.54, 1.807) is 48.5 Å². The molecule has 0 fully saturated rings. The molecule has 0 aromatic heterocycles. The predicted octanol–water partition coefficient (Wildman–Crippen LogP) is 2.22. The number of rotatable bonds is 2. The number of hydrogen-bond donors (Lipinski definition) is 9. The van der Waals surface area contributed by atoms with Gasteiger partial charge in [-0.05, 0) is 23.8 Å². The molecule has 15 heteroatoms. The zero-order valence-corrected chi connectivity index (χ0v) is 19.2. The smallest absolute Gasteiger partial charge is 0.466 e. The number of carboxylic acid groups (broad SMARTS) is 1. The Kier molecular flexibility index (Phi) is 8.79. The highest BCUT2D eigenvalue weighted by atomic mass is 31.2. The van der Waals surface area contributed by atoms with Crippen molar-refractivity contribution < 1.29 is 63.3 Å². The molecule has 0 saturated heterocycles. The molecule has 13 nitrogen and oxygen atoms in total. The minimum atomic E-state index is -4.64. The second-order valence-corrected chi connectivity index (χ2v) is 8.95. The van der Waals surface area contributed by atoms with Crippen LogP contribution in [0.5, 0.6) is 23.0 Å². The first-order valence-electron chi connectivity index (χ1n) is 9.27. The third-order valence-electron chi connectivity index (χ3n) is 4.34. The predicted molar refractivity (Wildman–Crippen MR) is 119 cm³/mol. The van der Waals surface area contributed by atoms with Gasteiger partial charge in [-0.2, -0.15) is 0 Å². The van der Waals surface area contributed by atoms with Crippen molar-refractivity contribution in [3.05, 3.63) is 82.9 Å².